The highest BCUT2D eigenvalue weighted by Crippen LogP contribution is 2.35. The molecule has 0 radical (unpaired) electrons. The Morgan fingerprint density at radius 3 is 2.33 bits per heavy atom. The Hall–Kier alpha value is -3.13. The van der Waals surface area contributed by atoms with Gasteiger partial charge in [0.1, 0.15) is 18.2 Å². The molecule has 1 saturated heterocycles. The maximum atomic E-state index is 12.9. The van der Waals surface area contributed by atoms with Crippen LogP contribution >= 0.6 is 0 Å². The third-order valence-corrected chi connectivity index (χ3v) is 5.60. The van der Waals surface area contributed by atoms with Crippen molar-refractivity contribution in [2.24, 2.45) is 5.92 Å². The summed E-state index contributed by atoms with van der Waals surface area (Å²) < 4.78 is 22.1. The number of esters is 1. The molecule has 2 aromatic rings. The molecule has 1 amide bonds. The molecule has 8 heteroatoms. The number of carbonyl (C=O) groups is 2. The van der Waals surface area contributed by atoms with Crippen molar-refractivity contribution in [2.75, 3.05) is 7.11 Å². The monoisotopic (exact) mass is 456 g/mol. The van der Waals surface area contributed by atoms with Gasteiger partial charge in [0.2, 0.25) is 6.29 Å². The summed E-state index contributed by atoms with van der Waals surface area (Å²) in [5, 5.41) is 2.65. The van der Waals surface area contributed by atoms with E-state index in [4.69, 9.17) is 18.9 Å². The van der Waals surface area contributed by atoms with E-state index in [-0.39, 0.29) is 35.5 Å². The van der Waals surface area contributed by atoms with Gasteiger partial charge < -0.3 is 24.3 Å². The minimum atomic E-state index is -0.888. The van der Waals surface area contributed by atoms with Crippen LogP contribution in [0.25, 0.3) is 0 Å². The number of pyridine rings is 1. The maximum Gasteiger partial charge on any atom is 0.328 e. The molecule has 3 rings (SSSR count). The van der Waals surface area contributed by atoms with Gasteiger partial charge in [-0.05, 0) is 32.3 Å². The Morgan fingerprint density at radius 2 is 1.76 bits per heavy atom. The molecule has 1 aromatic carbocycles. The summed E-state index contributed by atoms with van der Waals surface area (Å²) in [6.45, 7) is 9.48. The molecule has 2 heterocycles. The zero-order valence-electron chi connectivity index (χ0n) is 19.9. The SMILES string of the molecule is COc1ccnc(C(=O)N[C@@H](C)C(=O)O[C@@H](C)[C@@H](c2ccccc2)C(C)C)c1OC1OC1C. The smallest absolute Gasteiger partial charge is 0.328 e. The lowest BCUT2D eigenvalue weighted by atomic mass is 9.84. The summed E-state index contributed by atoms with van der Waals surface area (Å²) in [7, 11) is 1.47. The van der Waals surface area contributed by atoms with Gasteiger partial charge in [-0.15, -0.1) is 0 Å². The number of nitrogens with one attached hydrogen (secondary N) is 1. The number of epoxide rings is 1. The number of aromatic nitrogens is 1. The standard InChI is InChI=1S/C25H32N2O6/c1-14(2)20(18-10-8-7-9-11-18)16(4)31-24(29)15(3)27-23(28)21-22(33-25-17(5)32-25)19(30-6)12-13-26-21/h7-17,20,25H,1-6H3,(H,27,28)/t15-,16-,17?,20-,25?/m0/s1. The number of nitrogens with zero attached hydrogens (tertiary/aromatic N) is 1. The molecule has 1 fully saturated rings. The Bertz CT molecular complexity index is 965. The number of methoxy groups -OCH3 is 1. The van der Waals surface area contributed by atoms with Gasteiger partial charge in [0.25, 0.3) is 5.91 Å². The van der Waals surface area contributed by atoms with Crippen LogP contribution in [0.15, 0.2) is 42.6 Å². The van der Waals surface area contributed by atoms with Crippen molar-refractivity contribution in [3.63, 3.8) is 0 Å². The molecule has 0 saturated carbocycles. The van der Waals surface area contributed by atoms with Gasteiger partial charge >= 0.3 is 5.97 Å². The number of benzene rings is 1. The number of hydrogen-bond acceptors (Lipinski definition) is 7. The van der Waals surface area contributed by atoms with Crippen LogP contribution in [0, 0.1) is 5.92 Å². The van der Waals surface area contributed by atoms with Crippen LogP contribution in [0.1, 0.15) is 56.6 Å². The molecule has 33 heavy (non-hydrogen) atoms. The molecule has 1 aromatic heterocycles. The molecule has 1 N–H and O–H groups in total. The van der Waals surface area contributed by atoms with Crippen molar-refractivity contribution < 1.29 is 28.5 Å². The lowest BCUT2D eigenvalue weighted by Gasteiger charge is -2.28. The molecule has 0 bridgehead atoms. The van der Waals surface area contributed by atoms with Crippen molar-refractivity contribution in [1.82, 2.24) is 10.3 Å². The average Bonchev–Trinajstić information content (AvgIpc) is 3.48. The Kier molecular flexibility index (Phi) is 7.92. The Morgan fingerprint density at radius 1 is 1.09 bits per heavy atom. The molecule has 1 aliphatic rings. The topological polar surface area (TPSA) is 99.3 Å². The zero-order chi connectivity index (χ0) is 24.1. The van der Waals surface area contributed by atoms with Crippen LogP contribution in [0.5, 0.6) is 11.5 Å². The maximum absolute atomic E-state index is 12.9. The van der Waals surface area contributed by atoms with Crippen molar-refractivity contribution in [2.45, 2.75) is 65.1 Å². The first kappa shape index (κ1) is 24.5. The van der Waals surface area contributed by atoms with E-state index in [1.165, 1.54) is 13.3 Å². The first-order chi connectivity index (χ1) is 15.7. The van der Waals surface area contributed by atoms with Crippen LogP contribution in [0.2, 0.25) is 0 Å². The van der Waals surface area contributed by atoms with Crippen molar-refractivity contribution >= 4 is 11.9 Å². The summed E-state index contributed by atoms with van der Waals surface area (Å²) in [6.07, 6.45) is 0.515. The van der Waals surface area contributed by atoms with Gasteiger partial charge in [-0.3, -0.25) is 4.79 Å². The number of hydrogen-bond donors (Lipinski definition) is 1. The summed E-state index contributed by atoms with van der Waals surface area (Å²) >= 11 is 0. The lowest BCUT2D eigenvalue weighted by Crippen LogP contribution is -2.42. The van der Waals surface area contributed by atoms with Crippen LogP contribution in [-0.4, -0.2) is 48.5 Å². The fraction of sp³-hybridized carbons (Fsp3) is 0.480. The fourth-order valence-electron chi connectivity index (χ4n) is 3.83. The lowest BCUT2D eigenvalue weighted by molar-refractivity contribution is -0.151. The largest absolute Gasteiger partial charge is 0.493 e. The summed E-state index contributed by atoms with van der Waals surface area (Å²) in [6, 6.07) is 10.7. The molecule has 5 atom stereocenters. The van der Waals surface area contributed by atoms with E-state index in [2.05, 4.69) is 24.1 Å². The molecule has 2 unspecified atom stereocenters. The van der Waals surface area contributed by atoms with E-state index in [0.717, 1.165) is 5.56 Å². The Balaban J connectivity index is 1.68. The second-order valence-corrected chi connectivity index (χ2v) is 8.54. The first-order valence-corrected chi connectivity index (χ1v) is 11.1. The number of amides is 1. The molecule has 0 aliphatic carbocycles. The van der Waals surface area contributed by atoms with Crippen LogP contribution < -0.4 is 14.8 Å². The van der Waals surface area contributed by atoms with Crippen LogP contribution in [0.4, 0.5) is 0 Å². The summed E-state index contributed by atoms with van der Waals surface area (Å²) in [5.74, 6) is -0.291. The number of carbonyl (C=O) groups excluding carboxylic acids is 2. The minimum Gasteiger partial charge on any atom is -0.493 e. The van der Waals surface area contributed by atoms with Gasteiger partial charge in [0, 0.05) is 18.2 Å². The van der Waals surface area contributed by atoms with Crippen molar-refractivity contribution in [1.29, 1.82) is 0 Å². The highest BCUT2D eigenvalue weighted by molar-refractivity contribution is 5.98. The number of ether oxygens (including phenoxy) is 4. The summed E-state index contributed by atoms with van der Waals surface area (Å²) in [4.78, 5) is 29.8. The van der Waals surface area contributed by atoms with Gasteiger partial charge in [0.15, 0.2) is 17.2 Å². The highest BCUT2D eigenvalue weighted by Gasteiger charge is 2.39. The van der Waals surface area contributed by atoms with Crippen molar-refractivity contribution in [3.8, 4) is 11.5 Å². The summed E-state index contributed by atoms with van der Waals surface area (Å²) in [5.41, 5.74) is 1.11. The van der Waals surface area contributed by atoms with E-state index < -0.39 is 24.2 Å². The van der Waals surface area contributed by atoms with Crippen LogP contribution in [0.3, 0.4) is 0 Å². The highest BCUT2D eigenvalue weighted by atomic mass is 16.8. The zero-order valence-corrected chi connectivity index (χ0v) is 19.9. The predicted octanol–water partition coefficient (Wildman–Crippen LogP) is 3.70. The van der Waals surface area contributed by atoms with Crippen LogP contribution in [-0.2, 0) is 14.3 Å². The third kappa shape index (κ3) is 6.01. The second kappa shape index (κ2) is 10.7. The van der Waals surface area contributed by atoms with E-state index in [0.29, 0.717) is 5.75 Å². The quantitative estimate of drug-likeness (QED) is 0.430. The van der Waals surface area contributed by atoms with E-state index in [1.807, 2.05) is 44.2 Å². The van der Waals surface area contributed by atoms with Gasteiger partial charge in [-0.2, -0.15) is 0 Å². The Labute approximate surface area is 194 Å². The van der Waals surface area contributed by atoms with E-state index >= 15 is 0 Å². The van der Waals surface area contributed by atoms with Gasteiger partial charge in [-0.25, -0.2) is 9.78 Å². The molecule has 178 valence electrons. The van der Waals surface area contributed by atoms with Gasteiger partial charge in [-0.1, -0.05) is 44.2 Å². The predicted molar refractivity (Wildman–Crippen MR) is 122 cm³/mol. The average molecular weight is 457 g/mol. The normalized spacial score (nSPS) is 19.8. The molecular formula is C25H32N2O6. The molecule has 0 spiro atoms. The third-order valence-electron chi connectivity index (χ3n) is 5.60. The molecule has 1 aliphatic heterocycles. The molecule has 8 nitrogen and oxygen atoms in total. The van der Waals surface area contributed by atoms with Gasteiger partial charge in [0.05, 0.1) is 7.11 Å². The van der Waals surface area contributed by atoms with E-state index in [1.54, 1.807) is 13.0 Å². The molecular weight excluding hydrogens is 424 g/mol. The minimum absolute atomic E-state index is 0.00842. The fourth-order valence-corrected chi connectivity index (χ4v) is 3.83. The number of rotatable bonds is 10. The van der Waals surface area contributed by atoms with E-state index in [9.17, 15) is 9.59 Å². The first-order valence-electron chi connectivity index (χ1n) is 11.1. The second-order valence-electron chi connectivity index (χ2n) is 8.54. The van der Waals surface area contributed by atoms with Crippen molar-refractivity contribution in [3.05, 3.63) is 53.9 Å².